The van der Waals surface area contributed by atoms with E-state index in [2.05, 4.69) is 36.2 Å². The van der Waals surface area contributed by atoms with E-state index in [9.17, 15) is 5.11 Å². The van der Waals surface area contributed by atoms with E-state index in [1.165, 1.54) is 5.56 Å². The van der Waals surface area contributed by atoms with Crippen LogP contribution in [-0.4, -0.2) is 10.1 Å². The van der Waals surface area contributed by atoms with Crippen molar-refractivity contribution in [2.24, 2.45) is 0 Å². The Balaban J connectivity index is 2.30. The molecule has 1 aromatic heterocycles. The molecule has 0 fully saturated rings. The molecule has 0 amide bonds. The fourth-order valence-electron chi connectivity index (χ4n) is 1.57. The molecule has 0 aliphatic rings. The first-order valence-electron chi connectivity index (χ1n) is 5.78. The number of hydrogen-bond acceptors (Lipinski definition) is 3. The minimum absolute atomic E-state index is 0.806. The number of aryl methyl sites for hydroxylation is 1. The van der Waals surface area contributed by atoms with Crippen LogP contribution in [0.3, 0.4) is 0 Å². The van der Waals surface area contributed by atoms with E-state index in [1.54, 1.807) is 31.4 Å². The monoisotopic (exact) mass is 247 g/mol. The zero-order valence-electron chi connectivity index (χ0n) is 10.4. The van der Waals surface area contributed by atoms with Gasteiger partial charge >= 0.3 is 0 Å². The highest BCUT2D eigenvalue weighted by atomic mass is 32.1. The summed E-state index contributed by atoms with van der Waals surface area (Å²) in [5, 5.41) is 10.9. The first kappa shape index (κ1) is 12.3. The molecule has 2 rings (SSSR count). The molecule has 0 aliphatic carbocycles. The summed E-state index contributed by atoms with van der Waals surface area (Å²) in [5.74, 6) is 0. The molecule has 0 aliphatic heterocycles. The van der Waals surface area contributed by atoms with Gasteiger partial charge in [0, 0.05) is 11.8 Å². The van der Waals surface area contributed by atoms with Crippen LogP contribution in [0.4, 0.5) is 0 Å². The van der Waals surface area contributed by atoms with Crippen molar-refractivity contribution in [3.05, 3.63) is 40.9 Å². The number of rotatable bonds is 3. The lowest BCUT2D eigenvalue weighted by atomic mass is 10.1. The van der Waals surface area contributed by atoms with E-state index >= 15 is 0 Å². The maximum atomic E-state index is 9.90. The smallest absolute Gasteiger partial charge is 0.123 e. The van der Waals surface area contributed by atoms with E-state index in [-0.39, 0.29) is 0 Å². The Labute approximate surface area is 106 Å². The molecular formula is C14H17NOS. The van der Waals surface area contributed by atoms with Gasteiger partial charge in [0.1, 0.15) is 5.01 Å². The molecule has 0 unspecified atom stereocenters. The summed E-state index contributed by atoms with van der Waals surface area (Å²) >= 11 is 1.55. The van der Waals surface area contributed by atoms with Crippen LogP contribution in [0.5, 0.6) is 0 Å². The molecular weight excluding hydrogens is 230 g/mol. The minimum Gasteiger partial charge on any atom is -0.385 e. The summed E-state index contributed by atoms with van der Waals surface area (Å²) in [4.78, 5) is 5.26. The van der Waals surface area contributed by atoms with Crippen LogP contribution < -0.4 is 0 Å². The van der Waals surface area contributed by atoms with Gasteiger partial charge in [0.25, 0.3) is 0 Å². The standard InChI is InChI=1S/C14H17NOS/c1-4-10-5-7-11(8-6-10)13-15-9-12(17-13)14(2,3)16/h5-9,16H,4H2,1-3H3. The first-order valence-corrected chi connectivity index (χ1v) is 6.60. The lowest BCUT2D eigenvalue weighted by Gasteiger charge is -2.13. The third-order valence-corrected chi connectivity index (χ3v) is 4.08. The van der Waals surface area contributed by atoms with Crippen molar-refractivity contribution in [2.75, 3.05) is 0 Å². The zero-order chi connectivity index (χ0) is 12.5. The van der Waals surface area contributed by atoms with Crippen LogP contribution in [-0.2, 0) is 12.0 Å². The van der Waals surface area contributed by atoms with Crippen molar-refractivity contribution in [3.63, 3.8) is 0 Å². The lowest BCUT2D eigenvalue weighted by Crippen LogP contribution is -2.12. The SMILES string of the molecule is CCc1ccc(-c2ncc(C(C)(C)O)s2)cc1. The lowest BCUT2D eigenvalue weighted by molar-refractivity contribution is 0.0823. The van der Waals surface area contributed by atoms with Gasteiger partial charge in [-0.3, -0.25) is 0 Å². The van der Waals surface area contributed by atoms with Crippen LogP contribution >= 0.6 is 11.3 Å². The number of aromatic nitrogens is 1. The van der Waals surface area contributed by atoms with Gasteiger partial charge in [0.2, 0.25) is 0 Å². The van der Waals surface area contributed by atoms with Gasteiger partial charge in [-0.05, 0) is 25.8 Å². The Bertz CT molecular complexity index is 494. The van der Waals surface area contributed by atoms with Gasteiger partial charge in [-0.1, -0.05) is 31.2 Å². The summed E-state index contributed by atoms with van der Waals surface area (Å²) in [6.07, 6.45) is 2.81. The quantitative estimate of drug-likeness (QED) is 0.899. The van der Waals surface area contributed by atoms with Crippen molar-refractivity contribution in [2.45, 2.75) is 32.8 Å². The second-order valence-electron chi connectivity index (χ2n) is 4.64. The highest BCUT2D eigenvalue weighted by molar-refractivity contribution is 7.15. The molecule has 0 radical (unpaired) electrons. The number of thiazole rings is 1. The highest BCUT2D eigenvalue weighted by Gasteiger charge is 2.19. The molecule has 0 saturated carbocycles. The van der Waals surface area contributed by atoms with Crippen LogP contribution in [0, 0.1) is 0 Å². The molecule has 2 aromatic rings. The molecule has 1 heterocycles. The number of nitrogens with zero attached hydrogens (tertiary/aromatic N) is 1. The maximum absolute atomic E-state index is 9.90. The fourth-order valence-corrected chi connectivity index (χ4v) is 2.50. The number of benzene rings is 1. The molecule has 2 nitrogen and oxygen atoms in total. The Morgan fingerprint density at radius 1 is 1.24 bits per heavy atom. The van der Waals surface area contributed by atoms with Crippen LogP contribution in [0.2, 0.25) is 0 Å². The van der Waals surface area contributed by atoms with E-state index in [0.717, 1.165) is 21.9 Å². The van der Waals surface area contributed by atoms with Crippen molar-refractivity contribution >= 4 is 11.3 Å². The van der Waals surface area contributed by atoms with Crippen LogP contribution in [0.25, 0.3) is 10.6 Å². The molecule has 0 spiro atoms. The molecule has 1 aromatic carbocycles. The van der Waals surface area contributed by atoms with Crippen molar-refractivity contribution < 1.29 is 5.11 Å². The molecule has 0 bridgehead atoms. The molecule has 17 heavy (non-hydrogen) atoms. The van der Waals surface area contributed by atoms with E-state index in [0.29, 0.717) is 0 Å². The maximum Gasteiger partial charge on any atom is 0.123 e. The molecule has 90 valence electrons. The molecule has 0 atom stereocenters. The van der Waals surface area contributed by atoms with E-state index < -0.39 is 5.60 Å². The average Bonchev–Trinajstić information content (AvgIpc) is 2.78. The minimum atomic E-state index is -0.806. The predicted octanol–water partition coefficient (Wildman–Crippen LogP) is 3.60. The third-order valence-electron chi connectivity index (χ3n) is 2.72. The van der Waals surface area contributed by atoms with Gasteiger partial charge in [-0.25, -0.2) is 4.98 Å². The van der Waals surface area contributed by atoms with Gasteiger partial charge in [-0.2, -0.15) is 0 Å². The summed E-state index contributed by atoms with van der Waals surface area (Å²) in [6.45, 7) is 5.71. The normalized spacial score (nSPS) is 11.8. The van der Waals surface area contributed by atoms with Gasteiger partial charge in [0.15, 0.2) is 0 Å². The third kappa shape index (κ3) is 2.73. The average molecular weight is 247 g/mol. The first-order chi connectivity index (χ1) is 8.00. The predicted molar refractivity (Wildman–Crippen MR) is 72.2 cm³/mol. The number of hydrogen-bond donors (Lipinski definition) is 1. The molecule has 1 N–H and O–H groups in total. The fraction of sp³-hybridized carbons (Fsp3) is 0.357. The van der Waals surface area contributed by atoms with Gasteiger partial charge in [-0.15, -0.1) is 11.3 Å². The largest absolute Gasteiger partial charge is 0.385 e. The Hall–Kier alpha value is -1.19. The van der Waals surface area contributed by atoms with Crippen LogP contribution in [0.15, 0.2) is 30.5 Å². The zero-order valence-corrected chi connectivity index (χ0v) is 11.2. The molecule has 3 heteroatoms. The van der Waals surface area contributed by atoms with Crippen molar-refractivity contribution in [1.82, 2.24) is 4.98 Å². The second-order valence-corrected chi connectivity index (χ2v) is 5.67. The number of aliphatic hydroxyl groups is 1. The Morgan fingerprint density at radius 3 is 2.35 bits per heavy atom. The topological polar surface area (TPSA) is 33.1 Å². The summed E-state index contributed by atoms with van der Waals surface area (Å²) in [6, 6.07) is 8.43. The summed E-state index contributed by atoms with van der Waals surface area (Å²) < 4.78 is 0. The Kier molecular flexibility index (Phi) is 3.31. The van der Waals surface area contributed by atoms with E-state index in [4.69, 9.17) is 0 Å². The van der Waals surface area contributed by atoms with Crippen molar-refractivity contribution in [1.29, 1.82) is 0 Å². The summed E-state index contributed by atoms with van der Waals surface area (Å²) in [5.41, 5.74) is 1.63. The van der Waals surface area contributed by atoms with Gasteiger partial charge < -0.3 is 5.11 Å². The Morgan fingerprint density at radius 2 is 1.88 bits per heavy atom. The summed E-state index contributed by atoms with van der Waals surface area (Å²) in [7, 11) is 0. The van der Waals surface area contributed by atoms with E-state index in [1.807, 2.05) is 0 Å². The highest BCUT2D eigenvalue weighted by Crippen LogP contribution is 2.31. The van der Waals surface area contributed by atoms with Crippen LogP contribution in [0.1, 0.15) is 31.2 Å². The molecule has 0 saturated heterocycles. The second kappa shape index (κ2) is 4.59. The van der Waals surface area contributed by atoms with Crippen molar-refractivity contribution in [3.8, 4) is 10.6 Å². The van der Waals surface area contributed by atoms with Gasteiger partial charge in [0.05, 0.1) is 10.5 Å².